The fourth-order valence-corrected chi connectivity index (χ4v) is 3.98. The average molecular weight is 348 g/mol. The van der Waals surface area contributed by atoms with Crippen LogP contribution in [0.1, 0.15) is 50.2 Å². The van der Waals surface area contributed by atoms with Gasteiger partial charge in [-0.3, -0.25) is 4.79 Å². The van der Waals surface area contributed by atoms with Gasteiger partial charge in [-0.05, 0) is 38.8 Å². The lowest BCUT2D eigenvalue weighted by atomic mass is 10.1. The van der Waals surface area contributed by atoms with Crippen LogP contribution in [0.15, 0.2) is 28.0 Å². The van der Waals surface area contributed by atoms with Crippen LogP contribution in [0.5, 0.6) is 0 Å². The van der Waals surface area contributed by atoms with Crippen LogP contribution in [0.2, 0.25) is 0 Å². The van der Waals surface area contributed by atoms with Crippen molar-refractivity contribution in [3.63, 3.8) is 0 Å². The van der Waals surface area contributed by atoms with E-state index in [2.05, 4.69) is 10.2 Å². The number of furan rings is 1. The lowest BCUT2D eigenvalue weighted by molar-refractivity contribution is -0.133. The first-order chi connectivity index (χ1) is 11.6. The van der Waals surface area contributed by atoms with Gasteiger partial charge in [0, 0.05) is 13.6 Å². The molecule has 2 aromatic heterocycles. The second kappa shape index (κ2) is 7.42. The molecule has 1 amide bonds. The van der Waals surface area contributed by atoms with Gasteiger partial charge >= 0.3 is 0 Å². The highest BCUT2D eigenvalue weighted by molar-refractivity contribution is 8.00. The predicted molar refractivity (Wildman–Crippen MR) is 92.7 cm³/mol. The van der Waals surface area contributed by atoms with Gasteiger partial charge in [0.25, 0.3) is 0 Å². The number of likely N-dealkylation sites (tertiary alicyclic amines) is 1. The monoisotopic (exact) mass is 348 g/mol. The summed E-state index contributed by atoms with van der Waals surface area (Å²) in [4.78, 5) is 15.1. The number of nitrogens with zero attached hydrogens (tertiary/aromatic N) is 4. The van der Waals surface area contributed by atoms with E-state index in [0.29, 0.717) is 0 Å². The normalized spacial score (nSPS) is 20.0. The van der Waals surface area contributed by atoms with Gasteiger partial charge in [0.15, 0.2) is 5.16 Å². The van der Waals surface area contributed by atoms with Crippen LogP contribution in [0.4, 0.5) is 0 Å². The van der Waals surface area contributed by atoms with E-state index in [1.165, 1.54) is 11.8 Å². The Balaban J connectivity index is 1.77. The maximum absolute atomic E-state index is 13.1. The van der Waals surface area contributed by atoms with E-state index in [4.69, 9.17) is 4.42 Å². The number of amides is 1. The topological polar surface area (TPSA) is 64.2 Å². The third kappa shape index (κ3) is 3.66. The molecule has 0 N–H and O–H groups in total. The Bertz CT molecular complexity index is 696. The minimum Gasteiger partial charge on any atom is -0.464 e. The van der Waals surface area contributed by atoms with Gasteiger partial charge in [-0.1, -0.05) is 24.6 Å². The zero-order chi connectivity index (χ0) is 17.1. The fourth-order valence-electron chi connectivity index (χ4n) is 3.12. The van der Waals surface area contributed by atoms with Crippen LogP contribution in [0.25, 0.3) is 0 Å². The lowest BCUT2D eigenvalue weighted by Crippen LogP contribution is -2.39. The first kappa shape index (κ1) is 17.1. The van der Waals surface area contributed by atoms with Gasteiger partial charge in [0.2, 0.25) is 5.91 Å². The van der Waals surface area contributed by atoms with E-state index in [1.54, 1.807) is 6.33 Å². The molecule has 1 saturated heterocycles. The van der Waals surface area contributed by atoms with Crippen LogP contribution < -0.4 is 0 Å². The minimum atomic E-state index is -0.204. The summed E-state index contributed by atoms with van der Waals surface area (Å²) in [5, 5.41) is 8.50. The molecular formula is C17H24N4O2S. The molecule has 0 aromatic carbocycles. The standard InChI is InChI=1S/C17H24N4O2S/c1-12-8-9-15(23-12)14-7-5-4-6-10-21(14)16(22)13(2)24-17-19-18-11-20(17)3/h8-9,11,13-14H,4-7,10H2,1-3H3/t13-,14-/m0/s1. The molecule has 2 atom stereocenters. The summed E-state index contributed by atoms with van der Waals surface area (Å²) >= 11 is 1.46. The van der Waals surface area contributed by atoms with Crippen molar-refractivity contribution >= 4 is 17.7 Å². The second-order valence-electron chi connectivity index (χ2n) is 6.33. The molecule has 0 unspecified atom stereocenters. The average Bonchev–Trinajstić information content (AvgIpc) is 3.08. The van der Waals surface area contributed by atoms with Crippen LogP contribution in [0.3, 0.4) is 0 Å². The van der Waals surface area contributed by atoms with Crippen LogP contribution in [-0.2, 0) is 11.8 Å². The van der Waals surface area contributed by atoms with Crippen molar-refractivity contribution in [1.82, 2.24) is 19.7 Å². The smallest absolute Gasteiger partial charge is 0.236 e. The van der Waals surface area contributed by atoms with Crippen LogP contribution in [-0.4, -0.2) is 37.4 Å². The summed E-state index contributed by atoms with van der Waals surface area (Å²) in [7, 11) is 1.89. The third-order valence-electron chi connectivity index (χ3n) is 4.43. The molecule has 0 radical (unpaired) electrons. The maximum Gasteiger partial charge on any atom is 0.236 e. The molecule has 0 aliphatic carbocycles. The molecular weight excluding hydrogens is 324 g/mol. The van der Waals surface area contributed by atoms with Crippen LogP contribution >= 0.6 is 11.8 Å². The van der Waals surface area contributed by atoms with Gasteiger partial charge in [0.05, 0.1) is 11.3 Å². The summed E-state index contributed by atoms with van der Waals surface area (Å²) in [6.07, 6.45) is 5.94. The molecule has 1 aliphatic heterocycles. The number of hydrogen-bond acceptors (Lipinski definition) is 5. The number of hydrogen-bond donors (Lipinski definition) is 0. The van der Waals surface area contributed by atoms with Gasteiger partial charge in [-0.15, -0.1) is 10.2 Å². The van der Waals surface area contributed by atoms with Gasteiger partial charge in [-0.25, -0.2) is 0 Å². The molecule has 0 spiro atoms. The highest BCUT2D eigenvalue weighted by atomic mass is 32.2. The van der Waals surface area contributed by atoms with E-state index in [-0.39, 0.29) is 17.2 Å². The van der Waals surface area contributed by atoms with E-state index in [1.807, 2.05) is 42.5 Å². The Morgan fingerprint density at radius 1 is 1.38 bits per heavy atom. The van der Waals surface area contributed by atoms with E-state index < -0.39 is 0 Å². The highest BCUT2D eigenvalue weighted by Crippen LogP contribution is 2.33. The summed E-state index contributed by atoms with van der Waals surface area (Å²) in [6.45, 7) is 4.67. The minimum absolute atomic E-state index is 0.0382. The maximum atomic E-state index is 13.1. The Kier molecular flexibility index (Phi) is 5.28. The van der Waals surface area contributed by atoms with E-state index in [9.17, 15) is 4.79 Å². The van der Waals surface area contributed by atoms with Gasteiger partial charge in [0.1, 0.15) is 17.8 Å². The zero-order valence-corrected chi connectivity index (χ0v) is 15.3. The van der Waals surface area contributed by atoms with Crippen molar-refractivity contribution in [3.8, 4) is 0 Å². The predicted octanol–water partition coefficient (Wildman–Crippen LogP) is 3.34. The number of carbonyl (C=O) groups is 1. The molecule has 2 aromatic rings. The fraction of sp³-hybridized carbons (Fsp3) is 0.588. The van der Waals surface area contributed by atoms with Crippen molar-refractivity contribution < 1.29 is 9.21 Å². The first-order valence-electron chi connectivity index (χ1n) is 8.43. The molecule has 24 heavy (non-hydrogen) atoms. The quantitative estimate of drug-likeness (QED) is 0.793. The van der Waals surface area contributed by atoms with E-state index >= 15 is 0 Å². The molecule has 6 nitrogen and oxygen atoms in total. The highest BCUT2D eigenvalue weighted by Gasteiger charge is 2.32. The van der Waals surface area contributed by atoms with Crippen molar-refractivity contribution in [2.24, 2.45) is 7.05 Å². The largest absolute Gasteiger partial charge is 0.464 e. The summed E-state index contributed by atoms with van der Waals surface area (Å²) in [6, 6.07) is 4.02. The number of thioether (sulfide) groups is 1. The molecule has 0 bridgehead atoms. The van der Waals surface area contributed by atoms with Crippen molar-refractivity contribution in [2.75, 3.05) is 6.54 Å². The molecule has 3 rings (SSSR count). The molecule has 0 saturated carbocycles. The van der Waals surface area contributed by atoms with Crippen molar-refractivity contribution in [2.45, 2.75) is 56.0 Å². The lowest BCUT2D eigenvalue weighted by Gasteiger charge is -2.30. The number of rotatable bonds is 4. The molecule has 1 fully saturated rings. The Labute approximate surface area is 146 Å². The summed E-state index contributed by atoms with van der Waals surface area (Å²) in [5.74, 6) is 1.94. The molecule has 1 aliphatic rings. The number of carbonyl (C=O) groups excluding carboxylic acids is 1. The Hall–Kier alpha value is -1.76. The van der Waals surface area contributed by atoms with Crippen molar-refractivity contribution in [1.29, 1.82) is 0 Å². The SMILES string of the molecule is Cc1ccc([C@@H]2CCCCCN2C(=O)[C@H](C)Sc2nncn2C)o1. The zero-order valence-electron chi connectivity index (χ0n) is 14.4. The number of aryl methyl sites for hydroxylation is 2. The Morgan fingerprint density at radius 3 is 2.88 bits per heavy atom. The summed E-state index contributed by atoms with van der Waals surface area (Å²) < 4.78 is 7.67. The van der Waals surface area contributed by atoms with Crippen molar-refractivity contribution in [3.05, 3.63) is 30.0 Å². The Morgan fingerprint density at radius 2 is 2.21 bits per heavy atom. The second-order valence-corrected chi connectivity index (χ2v) is 7.64. The third-order valence-corrected chi connectivity index (χ3v) is 5.56. The molecule has 7 heteroatoms. The summed E-state index contributed by atoms with van der Waals surface area (Å²) in [5.41, 5.74) is 0. The first-order valence-corrected chi connectivity index (χ1v) is 9.31. The van der Waals surface area contributed by atoms with Gasteiger partial charge in [-0.2, -0.15) is 0 Å². The molecule has 3 heterocycles. The number of aromatic nitrogens is 3. The van der Waals surface area contributed by atoms with Crippen LogP contribution in [0, 0.1) is 6.92 Å². The molecule has 130 valence electrons. The van der Waals surface area contributed by atoms with E-state index in [0.717, 1.165) is 48.9 Å². The van der Waals surface area contributed by atoms with Gasteiger partial charge < -0.3 is 13.9 Å².